The molecule has 3 rings (SSSR count). The molecule has 0 aliphatic rings. The largest absolute Gasteiger partial charge is 0.368 e. The van der Waals surface area contributed by atoms with Crippen LogP contribution in [0.2, 0.25) is 0 Å². The molecule has 3 aromatic rings. The number of benzene rings is 1. The van der Waals surface area contributed by atoms with Crippen LogP contribution >= 0.6 is 0 Å². The minimum absolute atomic E-state index is 0.176. The van der Waals surface area contributed by atoms with Crippen molar-refractivity contribution in [2.24, 2.45) is 0 Å². The van der Waals surface area contributed by atoms with Gasteiger partial charge in [0, 0.05) is 11.8 Å². The van der Waals surface area contributed by atoms with Crippen molar-refractivity contribution in [2.45, 2.75) is 13.5 Å². The summed E-state index contributed by atoms with van der Waals surface area (Å²) in [6.07, 6.45) is 1.96. The molecule has 0 aliphatic heterocycles. The Morgan fingerprint density at radius 1 is 1.10 bits per heavy atom. The third kappa shape index (κ3) is 2.20. The Bertz CT molecular complexity index is 727. The number of aryl methyl sites for hydroxylation is 1. The fraction of sp³-hybridized carbons (Fsp3) is 0.154. The lowest BCUT2D eigenvalue weighted by atomic mass is 10.2. The molecule has 0 saturated carbocycles. The van der Waals surface area contributed by atoms with Gasteiger partial charge in [0.2, 0.25) is 11.9 Å². The molecule has 0 aliphatic carbocycles. The van der Waals surface area contributed by atoms with Crippen LogP contribution in [0.3, 0.4) is 0 Å². The third-order valence-electron chi connectivity index (χ3n) is 3.06. The van der Waals surface area contributed by atoms with E-state index in [2.05, 4.69) is 15.2 Å². The van der Waals surface area contributed by atoms with Gasteiger partial charge in [0.1, 0.15) is 0 Å². The molecule has 2 aromatic heterocycles. The summed E-state index contributed by atoms with van der Waals surface area (Å²) in [6, 6.07) is 9.92. The number of hydrogen-bond acceptors (Lipinski definition) is 5. The molecular weight excluding hydrogens is 254 g/mol. The molecule has 20 heavy (non-hydrogen) atoms. The van der Waals surface area contributed by atoms with Crippen LogP contribution in [0, 0.1) is 6.92 Å². The maximum absolute atomic E-state index is 5.74. The van der Waals surface area contributed by atoms with E-state index in [4.69, 9.17) is 11.5 Å². The van der Waals surface area contributed by atoms with E-state index in [1.807, 2.05) is 48.1 Å². The fourth-order valence-electron chi connectivity index (χ4n) is 2.01. The maximum Gasteiger partial charge on any atom is 0.241 e. The molecule has 0 radical (unpaired) electrons. The molecule has 0 amide bonds. The Hall–Kier alpha value is -2.83. The van der Waals surface area contributed by atoms with Crippen LogP contribution in [-0.2, 0) is 6.54 Å². The number of hydrogen-bond donors (Lipinski definition) is 2. The van der Waals surface area contributed by atoms with Crippen molar-refractivity contribution in [2.75, 3.05) is 11.5 Å². The van der Waals surface area contributed by atoms with E-state index in [-0.39, 0.29) is 5.95 Å². The summed E-state index contributed by atoms with van der Waals surface area (Å²) in [6.45, 7) is 2.44. The van der Waals surface area contributed by atoms with Gasteiger partial charge in [0.15, 0.2) is 0 Å². The SMILES string of the molecule is Cc1nn(-c2ccccc2)cc1Cn1nc(N)nc1N. The zero-order chi connectivity index (χ0) is 14.1. The standard InChI is InChI=1S/C13H15N7/c1-9-10(8-20-13(15)16-12(14)18-20)7-19(17-9)11-5-3-2-4-6-11/h2-7H,8H2,1H3,(H4,14,15,16,18). The maximum atomic E-state index is 5.74. The Balaban J connectivity index is 1.92. The van der Waals surface area contributed by atoms with Crippen molar-refractivity contribution in [3.8, 4) is 5.69 Å². The lowest BCUT2D eigenvalue weighted by Gasteiger charge is -2.00. The molecule has 0 spiro atoms. The summed E-state index contributed by atoms with van der Waals surface area (Å²) in [7, 11) is 0. The molecule has 0 bridgehead atoms. The highest BCUT2D eigenvalue weighted by molar-refractivity contribution is 5.33. The van der Waals surface area contributed by atoms with Gasteiger partial charge < -0.3 is 11.5 Å². The first-order valence-corrected chi connectivity index (χ1v) is 6.20. The molecule has 2 heterocycles. The van der Waals surface area contributed by atoms with Crippen molar-refractivity contribution in [1.29, 1.82) is 0 Å². The van der Waals surface area contributed by atoms with E-state index in [0.29, 0.717) is 12.5 Å². The fourth-order valence-corrected chi connectivity index (χ4v) is 2.01. The summed E-state index contributed by atoms with van der Waals surface area (Å²) in [5, 5.41) is 8.55. The molecular formula is C13H15N7. The van der Waals surface area contributed by atoms with Gasteiger partial charge in [-0.15, -0.1) is 5.10 Å². The average molecular weight is 269 g/mol. The number of aromatic nitrogens is 5. The number of nitrogens with zero attached hydrogens (tertiary/aromatic N) is 5. The van der Waals surface area contributed by atoms with Gasteiger partial charge in [-0.25, -0.2) is 9.36 Å². The molecule has 0 atom stereocenters. The predicted octanol–water partition coefficient (Wildman–Crippen LogP) is 0.985. The number of nitrogens with two attached hydrogens (primary N) is 2. The third-order valence-corrected chi connectivity index (χ3v) is 3.06. The number of para-hydroxylation sites is 1. The molecule has 0 fully saturated rings. The van der Waals surface area contributed by atoms with Gasteiger partial charge in [0.05, 0.1) is 17.9 Å². The number of anilines is 2. The minimum Gasteiger partial charge on any atom is -0.368 e. The summed E-state index contributed by atoms with van der Waals surface area (Å²) in [4.78, 5) is 3.88. The molecule has 7 heteroatoms. The van der Waals surface area contributed by atoms with Gasteiger partial charge in [-0.3, -0.25) is 0 Å². The lowest BCUT2D eigenvalue weighted by Crippen LogP contribution is -2.06. The van der Waals surface area contributed by atoms with Crippen LogP contribution in [0.15, 0.2) is 36.5 Å². The highest BCUT2D eigenvalue weighted by Gasteiger charge is 2.10. The second kappa shape index (κ2) is 4.69. The molecule has 0 saturated heterocycles. The van der Waals surface area contributed by atoms with Crippen molar-refractivity contribution < 1.29 is 0 Å². The Morgan fingerprint density at radius 3 is 2.50 bits per heavy atom. The average Bonchev–Trinajstić information content (AvgIpc) is 2.95. The second-order valence-corrected chi connectivity index (χ2v) is 4.51. The van der Waals surface area contributed by atoms with Gasteiger partial charge in [-0.05, 0) is 19.1 Å². The highest BCUT2D eigenvalue weighted by atomic mass is 15.4. The molecule has 102 valence electrons. The summed E-state index contributed by atoms with van der Waals surface area (Å²) < 4.78 is 3.40. The first-order valence-electron chi connectivity index (χ1n) is 6.20. The topological polar surface area (TPSA) is 101 Å². The van der Waals surface area contributed by atoms with E-state index in [1.54, 1.807) is 4.68 Å². The van der Waals surface area contributed by atoms with Gasteiger partial charge in [0.25, 0.3) is 0 Å². The molecule has 4 N–H and O–H groups in total. The first-order chi connectivity index (χ1) is 9.63. The van der Waals surface area contributed by atoms with Crippen LogP contribution in [0.5, 0.6) is 0 Å². The van der Waals surface area contributed by atoms with Crippen molar-refractivity contribution in [1.82, 2.24) is 24.5 Å². The smallest absolute Gasteiger partial charge is 0.241 e. The van der Waals surface area contributed by atoms with E-state index in [1.165, 1.54) is 0 Å². The van der Waals surface area contributed by atoms with Crippen LogP contribution in [0.4, 0.5) is 11.9 Å². The van der Waals surface area contributed by atoms with Crippen LogP contribution in [0.25, 0.3) is 5.69 Å². The van der Waals surface area contributed by atoms with Gasteiger partial charge in [-0.2, -0.15) is 10.1 Å². The number of rotatable bonds is 3. The van der Waals surface area contributed by atoms with Crippen molar-refractivity contribution in [3.63, 3.8) is 0 Å². The first kappa shape index (κ1) is 12.2. The Kier molecular flexibility index (Phi) is 2.86. The summed E-state index contributed by atoms with van der Waals surface area (Å²) in [5.74, 6) is 0.477. The van der Waals surface area contributed by atoms with Crippen molar-refractivity contribution >= 4 is 11.9 Å². The Morgan fingerprint density at radius 2 is 1.85 bits per heavy atom. The van der Waals surface area contributed by atoms with Crippen LogP contribution in [-0.4, -0.2) is 24.5 Å². The quantitative estimate of drug-likeness (QED) is 0.738. The molecule has 7 nitrogen and oxygen atoms in total. The molecule has 1 aromatic carbocycles. The van der Waals surface area contributed by atoms with E-state index in [9.17, 15) is 0 Å². The van der Waals surface area contributed by atoms with E-state index < -0.39 is 0 Å². The normalized spacial score (nSPS) is 10.8. The van der Waals surface area contributed by atoms with Gasteiger partial charge in [-0.1, -0.05) is 18.2 Å². The highest BCUT2D eigenvalue weighted by Crippen LogP contribution is 2.14. The summed E-state index contributed by atoms with van der Waals surface area (Å²) >= 11 is 0. The minimum atomic E-state index is 0.176. The monoisotopic (exact) mass is 269 g/mol. The van der Waals surface area contributed by atoms with Gasteiger partial charge >= 0.3 is 0 Å². The van der Waals surface area contributed by atoms with Crippen LogP contribution < -0.4 is 11.5 Å². The Labute approximate surface area is 115 Å². The zero-order valence-electron chi connectivity index (χ0n) is 11.1. The second-order valence-electron chi connectivity index (χ2n) is 4.51. The summed E-state index contributed by atoms with van der Waals surface area (Å²) in [5.41, 5.74) is 14.2. The van der Waals surface area contributed by atoms with Crippen LogP contribution in [0.1, 0.15) is 11.3 Å². The van der Waals surface area contributed by atoms with Crippen molar-refractivity contribution in [3.05, 3.63) is 47.8 Å². The zero-order valence-corrected chi connectivity index (χ0v) is 11.1. The lowest BCUT2D eigenvalue weighted by molar-refractivity contribution is 0.696. The molecule has 0 unspecified atom stereocenters. The van der Waals surface area contributed by atoms with E-state index in [0.717, 1.165) is 16.9 Å². The number of nitrogen functional groups attached to an aromatic ring is 2. The van der Waals surface area contributed by atoms with E-state index >= 15 is 0 Å². The predicted molar refractivity (Wildman–Crippen MR) is 76.2 cm³/mol.